The first-order valence-corrected chi connectivity index (χ1v) is 8.60. The van der Waals surface area contributed by atoms with Gasteiger partial charge in [0, 0.05) is 19.1 Å². The molecule has 3 aliphatic rings. The van der Waals surface area contributed by atoms with Gasteiger partial charge in [0.15, 0.2) is 0 Å². The average Bonchev–Trinajstić information content (AvgIpc) is 3.39. The number of hydrogen-bond donors (Lipinski definition) is 1. The number of nitrogens with one attached hydrogen (secondary N) is 1. The van der Waals surface area contributed by atoms with E-state index in [-0.39, 0.29) is 0 Å². The molecule has 21 heavy (non-hydrogen) atoms. The highest BCUT2D eigenvalue weighted by Crippen LogP contribution is 2.45. The van der Waals surface area contributed by atoms with Gasteiger partial charge < -0.3 is 10.2 Å². The molecular formula is C15H22ClN5. The van der Waals surface area contributed by atoms with Crippen molar-refractivity contribution in [2.75, 3.05) is 23.3 Å². The predicted molar refractivity (Wildman–Crippen MR) is 83.8 cm³/mol. The Balaban J connectivity index is 1.52. The second kappa shape index (κ2) is 5.59. The van der Waals surface area contributed by atoms with Crippen LogP contribution in [0, 0.1) is 11.8 Å². The molecule has 2 aliphatic carbocycles. The molecule has 4 rings (SSSR count). The molecule has 1 saturated heterocycles. The lowest BCUT2D eigenvalue weighted by atomic mass is 10.1. The van der Waals surface area contributed by atoms with E-state index in [0.717, 1.165) is 30.9 Å². The van der Waals surface area contributed by atoms with Gasteiger partial charge in [0.1, 0.15) is 0 Å². The number of piperidine rings is 1. The number of aromatic nitrogens is 3. The third-order valence-corrected chi connectivity index (χ3v) is 4.96. The van der Waals surface area contributed by atoms with Crippen molar-refractivity contribution in [2.45, 2.75) is 51.0 Å². The van der Waals surface area contributed by atoms with Crippen LogP contribution in [-0.2, 0) is 0 Å². The first-order chi connectivity index (χ1) is 10.3. The molecule has 1 aromatic rings. The molecule has 0 unspecified atom stereocenters. The summed E-state index contributed by atoms with van der Waals surface area (Å²) in [7, 11) is 0. The first-order valence-electron chi connectivity index (χ1n) is 8.23. The Morgan fingerprint density at radius 3 is 2.24 bits per heavy atom. The van der Waals surface area contributed by atoms with Crippen molar-refractivity contribution < 1.29 is 0 Å². The molecule has 5 nitrogen and oxygen atoms in total. The quantitative estimate of drug-likeness (QED) is 0.906. The number of hydrogen-bond acceptors (Lipinski definition) is 5. The highest BCUT2D eigenvalue weighted by molar-refractivity contribution is 6.28. The molecule has 2 heterocycles. The van der Waals surface area contributed by atoms with Gasteiger partial charge in [-0.25, -0.2) is 0 Å². The molecule has 0 amide bonds. The lowest BCUT2D eigenvalue weighted by Gasteiger charge is -2.27. The monoisotopic (exact) mass is 307 g/mol. The third-order valence-electron chi connectivity index (χ3n) is 4.79. The highest BCUT2D eigenvalue weighted by Gasteiger charge is 2.41. The molecule has 0 bridgehead atoms. The van der Waals surface area contributed by atoms with Gasteiger partial charge in [0.25, 0.3) is 0 Å². The van der Waals surface area contributed by atoms with Crippen LogP contribution in [0.1, 0.15) is 44.9 Å². The number of rotatable bonds is 5. The third kappa shape index (κ3) is 3.23. The maximum absolute atomic E-state index is 6.11. The summed E-state index contributed by atoms with van der Waals surface area (Å²) < 4.78 is 0. The lowest BCUT2D eigenvalue weighted by Crippen LogP contribution is -2.32. The molecule has 2 saturated carbocycles. The average molecular weight is 308 g/mol. The summed E-state index contributed by atoms with van der Waals surface area (Å²) in [4.78, 5) is 15.5. The van der Waals surface area contributed by atoms with Gasteiger partial charge in [-0.15, -0.1) is 0 Å². The van der Waals surface area contributed by atoms with E-state index in [0.29, 0.717) is 17.3 Å². The lowest BCUT2D eigenvalue weighted by molar-refractivity contribution is 0.557. The Morgan fingerprint density at radius 2 is 1.62 bits per heavy atom. The summed E-state index contributed by atoms with van der Waals surface area (Å²) in [6.07, 6.45) is 9.07. The maximum atomic E-state index is 6.11. The summed E-state index contributed by atoms with van der Waals surface area (Å²) in [6.45, 7) is 2.04. The predicted octanol–water partition coefficient (Wildman–Crippen LogP) is 3.12. The fourth-order valence-electron chi connectivity index (χ4n) is 3.32. The minimum absolute atomic E-state index is 0.304. The zero-order valence-electron chi connectivity index (χ0n) is 12.3. The largest absolute Gasteiger partial charge is 0.351 e. The van der Waals surface area contributed by atoms with E-state index in [1.54, 1.807) is 0 Å². The van der Waals surface area contributed by atoms with E-state index in [1.165, 1.54) is 44.9 Å². The summed E-state index contributed by atoms with van der Waals surface area (Å²) >= 11 is 6.11. The molecule has 3 fully saturated rings. The molecule has 0 spiro atoms. The fraction of sp³-hybridized carbons (Fsp3) is 0.800. The molecule has 0 aromatic carbocycles. The van der Waals surface area contributed by atoms with Crippen LogP contribution in [0.4, 0.5) is 11.9 Å². The van der Waals surface area contributed by atoms with Crippen molar-refractivity contribution in [1.29, 1.82) is 0 Å². The standard InChI is InChI=1S/C15H22ClN5/c16-13-18-14(17-12(10-4-5-10)11-6-7-11)20-15(19-13)21-8-2-1-3-9-21/h10-12H,1-9H2,(H,17,18,19,20). The van der Waals surface area contributed by atoms with Gasteiger partial charge in [-0.05, 0) is 68.4 Å². The van der Waals surface area contributed by atoms with Gasteiger partial charge in [-0.3, -0.25) is 0 Å². The van der Waals surface area contributed by atoms with Crippen molar-refractivity contribution in [3.8, 4) is 0 Å². The maximum Gasteiger partial charge on any atom is 0.231 e. The molecule has 0 atom stereocenters. The number of anilines is 2. The Morgan fingerprint density at radius 1 is 0.952 bits per heavy atom. The summed E-state index contributed by atoms with van der Waals surface area (Å²) in [5.74, 6) is 3.03. The number of halogens is 1. The molecule has 1 N–H and O–H groups in total. The van der Waals surface area contributed by atoms with Gasteiger partial charge in [-0.1, -0.05) is 0 Å². The molecule has 1 aromatic heterocycles. The van der Waals surface area contributed by atoms with E-state index in [4.69, 9.17) is 11.6 Å². The van der Waals surface area contributed by atoms with Crippen LogP contribution in [0.2, 0.25) is 5.28 Å². The number of nitrogens with zero attached hydrogens (tertiary/aromatic N) is 4. The summed E-state index contributed by atoms with van der Waals surface area (Å²) in [6, 6.07) is 0.540. The Hall–Kier alpha value is -1.10. The normalized spacial score (nSPS) is 22.7. The minimum Gasteiger partial charge on any atom is -0.351 e. The Kier molecular flexibility index (Phi) is 3.61. The smallest absolute Gasteiger partial charge is 0.231 e. The van der Waals surface area contributed by atoms with Gasteiger partial charge in [0.2, 0.25) is 17.2 Å². The van der Waals surface area contributed by atoms with Gasteiger partial charge in [0.05, 0.1) is 0 Å². The van der Waals surface area contributed by atoms with E-state index >= 15 is 0 Å². The second-order valence-electron chi connectivity index (χ2n) is 6.62. The van der Waals surface area contributed by atoms with Crippen LogP contribution in [0.5, 0.6) is 0 Å². The minimum atomic E-state index is 0.304. The van der Waals surface area contributed by atoms with Crippen molar-refractivity contribution in [1.82, 2.24) is 15.0 Å². The molecule has 1 aliphatic heterocycles. The SMILES string of the molecule is Clc1nc(NC(C2CC2)C2CC2)nc(N2CCCCC2)n1. The molecule has 6 heteroatoms. The molecule has 0 radical (unpaired) electrons. The van der Waals surface area contributed by atoms with Gasteiger partial charge in [-0.2, -0.15) is 15.0 Å². The van der Waals surface area contributed by atoms with Crippen molar-refractivity contribution in [2.24, 2.45) is 11.8 Å². The molecular weight excluding hydrogens is 286 g/mol. The summed E-state index contributed by atoms with van der Waals surface area (Å²) in [5, 5.41) is 3.85. The van der Waals surface area contributed by atoms with Crippen LogP contribution in [0.3, 0.4) is 0 Å². The van der Waals surface area contributed by atoms with E-state index in [2.05, 4.69) is 25.2 Å². The van der Waals surface area contributed by atoms with Crippen LogP contribution < -0.4 is 10.2 Å². The van der Waals surface area contributed by atoms with E-state index in [1.807, 2.05) is 0 Å². The van der Waals surface area contributed by atoms with Crippen LogP contribution in [-0.4, -0.2) is 34.1 Å². The zero-order valence-corrected chi connectivity index (χ0v) is 13.0. The van der Waals surface area contributed by atoms with Gasteiger partial charge >= 0.3 is 0 Å². The topological polar surface area (TPSA) is 53.9 Å². The Labute approximate surface area is 130 Å². The van der Waals surface area contributed by atoms with Crippen LogP contribution >= 0.6 is 11.6 Å². The van der Waals surface area contributed by atoms with E-state index in [9.17, 15) is 0 Å². The van der Waals surface area contributed by atoms with Crippen molar-refractivity contribution in [3.63, 3.8) is 0 Å². The molecule has 114 valence electrons. The van der Waals surface area contributed by atoms with Crippen LogP contribution in [0.15, 0.2) is 0 Å². The fourth-order valence-corrected chi connectivity index (χ4v) is 3.48. The zero-order chi connectivity index (χ0) is 14.2. The van der Waals surface area contributed by atoms with Crippen molar-refractivity contribution in [3.05, 3.63) is 5.28 Å². The van der Waals surface area contributed by atoms with Crippen molar-refractivity contribution >= 4 is 23.5 Å². The Bertz CT molecular complexity index is 497. The summed E-state index contributed by atoms with van der Waals surface area (Å²) in [5.41, 5.74) is 0. The van der Waals surface area contributed by atoms with E-state index < -0.39 is 0 Å². The first kappa shape index (κ1) is 13.6. The van der Waals surface area contributed by atoms with Crippen LogP contribution in [0.25, 0.3) is 0 Å². The highest BCUT2D eigenvalue weighted by atomic mass is 35.5. The second-order valence-corrected chi connectivity index (χ2v) is 6.96.